The van der Waals surface area contributed by atoms with Gasteiger partial charge in [-0.3, -0.25) is 4.79 Å². The molecule has 23 heavy (non-hydrogen) atoms. The van der Waals surface area contributed by atoms with Crippen LogP contribution < -0.4 is 4.74 Å². The van der Waals surface area contributed by atoms with Crippen LogP contribution in [0.15, 0.2) is 24.3 Å². The molecule has 1 aliphatic rings. The number of amides is 1. The van der Waals surface area contributed by atoms with Gasteiger partial charge in [-0.05, 0) is 23.1 Å². The van der Waals surface area contributed by atoms with Crippen LogP contribution in [0, 0.1) is 0 Å². The molecule has 0 aromatic heterocycles. The number of carbonyl (C=O) groups excluding carboxylic acids is 1. The van der Waals surface area contributed by atoms with Gasteiger partial charge >= 0.3 is 5.97 Å². The molecule has 0 aliphatic carbocycles. The molecule has 1 fully saturated rings. The third kappa shape index (κ3) is 4.45. The van der Waals surface area contributed by atoms with Crippen LogP contribution in [-0.4, -0.2) is 54.3 Å². The van der Waals surface area contributed by atoms with E-state index in [2.05, 4.69) is 20.8 Å². The highest BCUT2D eigenvalue weighted by Crippen LogP contribution is 2.24. The van der Waals surface area contributed by atoms with Crippen molar-refractivity contribution in [2.24, 2.45) is 0 Å². The Morgan fingerprint density at radius 3 is 2.52 bits per heavy atom. The molecule has 2 rings (SSSR count). The minimum absolute atomic E-state index is 0.0152. The van der Waals surface area contributed by atoms with Gasteiger partial charge in [0.2, 0.25) is 0 Å². The molecule has 1 unspecified atom stereocenters. The third-order valence-electron chi connectivity index (χ3n) is 3.82. The molecule has 1 aromatic rings. The Bertz CT molecular complexity index is 561. The minimum atomic E-state index is -1.06. The molecule has 126 valence electrons. The van der Waals surface area contributed by atoms with Gasteiger partial charge in [0.1, 0.15) is 5.75 Å². The highest BCUT2D eigenvalue weighted by molar-refractivity contribution is 5.84. The number of carboxylic acids is 1. The second kappa shape index (κ2) is 7.00. The van der Waals surface area contributed by atoms with Crippen LogP contribution in [0.4, 0.5) is 0 Å². The Labute approximate surface area is 136 Å². The zero-order valence-electron chi connectivity index (χ0n) is 13.7. The highest BCUT2D eigenvalue weighted by Gasteiger charge is 2.32. The SMILES string of the molecule is CC(C)(C)c1ccc(OCC(=O)N2CCOCC2C(=O)O)cc1. The van der Waals surface area contributed by atoms with E-state index in [0.29, 0.717) is 12.4 Å². The monoisotopic (exact) mass is 321 g/mol. The molecule has 1 saturated heterocycles. The van der Waals surface area contributed by atoms with Crippen molar-refractivity contribution in [2.45, 2.75) is 32.2 Å². The van der Waals surface area contributed by atoms with Crippen molar-refractivity contribution in [1.29, 1.82) is 0 Å². The zero-order valence-corrected chi connectivity index (χ0v) is 13.7. The summed E-state index contributed by atoms with van der Waals surface area (Å²) in [5, 5.41) is 9.13. The largest absolute Gasteiger partial charge is 0.484 e. The first-order valence-corrected chi connectivity index (χ1v) is 7.62. The topological polar surface area (TPSA) is 76.1 Å². The average molecular weight is 321 g/mol. The summed E-state index contributed by atoms with van der Waals surface area (Å²) in [6.45, 7) is 6.81. The number of hydrogen-bond donors (Lipinski definition) is 1. The van der Waals surface area contributed by atoms with Crippen LogP contribution >= 0.6 is 0 Å². The zero-order chi connectivity index (χ0) is 17.0. The predicted molar refractivity (Wildman–Crippen MR) is 84.6 cm³/mol. The highest BCUT2D eigenvalue weighted by atomic mass is 16.5. The summed E-state index contributed by atoms with van der Waals surface area (Å²) in [4.78, 5) is 24.7. The normalized spacial score (nSPS) is 18.6. The van der Waals surface area contributed by atoms with Crippen LogP contribution in [0.1, 0.15) is 26.3 Å². The molecule has 1 aromatic carbocycles. The van der Waals surface area contributed by atoms with Crippen molar-refractivity contribution in [1.82, 2.24) is 4.90 Å². The maximum atomic E-state index is 12.2. The van der Waals surface area contributed by atoms with E-state index in [0.717, 1.165) is 0 Å². The molecular formula is C17H23NO5. The fraction of sp³-hybridized carbons (Fsp3) is 0.529. The van der Waals surface area contributed by atoms with Gasteiger partial charge in [-0.15, -0.1) is 0 Å². The Hall–Kier alpha value is -2.08. The number of carboxylic acid groups (broad SMARTS) is 1. The summed E-state index contributed by atoms with van der Waals surface area (Å²) in [7, 11) is 0. The van der Waals surface area contributed by atoms with E-state index in [-0.39, 0.29) is 31.1 Å². The number of hydrogen-bond acceptors (Lipinski definition) is 4. The molecule has 1 aliphatic heterocycles. The maximum Gasteiger partial charge on any atom is 0.328 e. The van der Waals surface area contributed by atoms with E-state index in [4.69, 9.17) is 14.6 Å². The van der Waals surface area contributed by atoms with Gasteiger partial charge in [0.15, 0.2) is 12.6 Å². The molecule has 1 atom stereocenters. The molecule has 6 nitrogen and oxygen atoms in total. The van der Waals surface area contributed by atoms with E-state index < -0.39 is 12.0 Å². The lowest BCUT2D eigenvalue weighted by atomic mass is 9.87. The standard InChI is InChI=1S/C17H23NO5/c1-17(2,3)12-4-6-13(7-5-12)23-11-15(19)18-8-9-22-10-14(18)16(20)21/h4-7,14H,8-11H2,1-3H3,(H,20,21). The summed E-state index contributed by atoms with van der Waals surface area (Å²) in [5.74, 6) is -0.820. The second-order valence-corrected chi connectivity index (χ2v) is 6.58. The smallest absolute Gasteiger partial charge is 0.328 e. The molecule has 1 amide bonds. The Kier molecular flexibility index (Phi) is 5.26. The first-order valence-electron chi connectivity index (χ1n) is 7.62. The second-order valence-electron chi connectivity index (χ2n) is 6.58. The minimum Gasteiger partial charge on any atom is -0.484 e. The predicted octanol–water partition coefficient (Wildman–Crippen LogP) is 1.67. The van der Waals surface area contributed by atoms with Crippen molar-refractivity contribution in [3.63, 3.8) is 0 Å². The van der Waals surface area contributed by atoms with E-state index in [1.165, 1.54) is 10.5 Å². The summed E-state index contributed by atoms with van der Waals surface area (Å²) < 4.78 is 10.6. The number of benzene rings is 1. The third-order valence-corrected chi connectivity index (χ3v) is 3.82. The summed E-state index contributed by atoms with van der Waals surface area (Å²) in [5.41, 5.74) is 1.23. The quantitative estimate of drug-likeness (QED) is 0.913. The lowest BCUT2D eigenvalue weighted by Gasteiger charge is -2.32. The summed E-state index contributed by atoms with van der Waals surface area (Å²) in [6, 6.07) is 6.63. The van der Waals surface area contributed by atoms with Crippen LogP contribution in [0.25, 0.3) is 0 Å². The van der Waals surface area contributed by atoms with E-state index in [9.17, 15) is 9.59 Å². The Morgan fingerprint density at radius 2 is 1.96 bits per heavy atom. The van der Waals surface area contributed by atoms with Gasteiger partial charge in [-0.2, -0.15) is 0 Å². The molecule has 1 heterocycles. The number of morpholine rings is 1. The van der Waals surface area contributed by atoms with Gasteiger partial charge < -0.3 is 19.5 Å². The Balaban J connectivity index is 1.94. The van der Waals surface area contributed by atoms with Crippen LogP contribution in [0.3, 0.4) is 0 Å². The number of nitrogens with zero attached hydrogens (tertiary/aromatic N) is 1. The molecule has 0 saturated carbocycles. The number of rotatable bonds is 4. The van der Waals surface area contributed by atoms with Gasteiger partial charge in [-0.25, -0.2) is 4.79 Å². The molecule has 0 bridgehead atoms. The maximum absolute atomic E-state index is 12.2. The fourth-order valence-electron chi connectivity index (χ4n) is 2.39. The number of aliphatic carboxylic acids is 1. The lowest BCUT2D eigenvalue weighted by molar-refractivity contribution is -0.159. The van der Waals surface area contributed by atoms with E-state index >= 15 is 0 Å². The first kappa shape index (κ1) is 17.3. The van der Waals surface area contributed by atoms with Gasteiger partial charge in [0, 0.05) is 6.54 Å². The van der Waals surface area contributed by atoms with Crippen molar-refractivity contribution in [3.05, 3.63) is 29.8 Å². The van der Waals surface area contributed by atoms with Crippen molar-refractivity contribution >= 4 is 11.9 Å². The molecule has 0 spiro atoms. The Morgan fingerprint density at radius 1 is 1.30 bits per heavy atom. The lowest BCUT2D eigenvalue weighted by Crippen LogP contribution is -2.53. The molecule has 6 heteroatoms. The van der Waals surface area contributed by atoms with E-state index in [1.54, 1.807) is 0 Å². The molecule has 0 radical (unpaired) electrons. The van der Waals surface area contributed by atoms with Crippen LogP contribution in [0.2, 0.25) is 0 Å². The van der Waals surface area contributed by atoms with Gasteiger partial charge in [0.05, 0.1) is 13.2 Å². The number of ether oxygens (including phenoxy) is 2. The van der Waals surface area contributed by atoms with Crippen molar-refractivity contribution < 1.29 is 24.2 Å². The van der Waals surface area contributed by atoms with E-state index in [1.807, 2.05) is 24.3 Å². The van der Waals surface area contributed by atoms with Crippen molar-refractivity contribution in [2.75, 3.05) is 26.4 Å². The number of carbonyl (C=O) groups is 2. The fourth-order valence-corrected chi connectivity index (χ4v) is 2.39. The summed E-state index contributed by atoms with van der Waals surface area (Å²) in [6.07, 6.45) is 0. The molecule has 1 N–H and O–H groups in total. The van der Waals surface area contributed by atoms with Crippen LogP contribution in [0.5, 0.6) is 5.75 Å². The van der Waals surface area contributed by atoms with Crippen LogP contribution in [-0.2, 0) is 19.7 Å². The molecular weight excluding hydrogens is 298 g/mol. The van der Waals surface area contributed by atoms with Gasteiger partial charge in [0.25, 0.3) is 5.91 Å². The van der Waals surface area contributed by atoms with Gasteiger partial charge in [-0.1, -0.05) is 32.9 Å². The first-order chi connectivity index (χ1) is 10.8. The van der Waals surface area contributed by atoms with Crippen molar-refractivity contribution in [3.8, 4) is 5.75 Å². The summed E-state index contributed by atoms with van der Waals surface area (Å²) >= 11 is 0. The average Bonchev–Trinajstić information content (AvgIpc) is 2.52.